The summed E-state index contributed by atoms with van der Waals surface area (Å²) >= 11 is 6.24. The number of amides is 2. The Morgan fingerprint density at radius 1 is 1.02 bits per heavy atom. The van der Waals surface area contributed by atoms with Gasteiger partial charge in [0.05, 0.1) is 93.3 Å². The Bertz CT molecular complexity index is 1770. The lowest BCUT2D eigenvalue weighted by atomic mass is 9.74. The van der Waals surface area contributed by atoms with Crippen molar-refractivity contribution in [3.8, 4) is 12.3 Å². The van der Waals surface area contributed by atoms with Crippen molar-refractivity contribution in [1.82, 2.24) is 19.4 Å². The largest absolute Gasteiger partial charge is 0.379 e. The van der Waals surface area contributed by atoms with Gasteiger partial charge in [-0.3, -0.25) is 14.6 Å². The number of aryl methyl sites for hydroxylation is 1. The third kappa shape index (κ3) is 9.16. The van der Waals surface area contributed by atoms with Crippen LogP contribution in [0.3, 0.4) is 0 Å². The van der Waals surface area contributed by atoms with Crippen molar-refractivity contribution < 1.29 is 37.0 Å². The van der Waals surface area contributed by atoms with E-state index in [1.165, 1.54) is 6.26 Å². The number of likely N-dealkylation sites (tertiary alicyclic amines) is 1. The number of hydrogen-bond donors (Lipinski definition) is 0. The number of aromatic nitrogens is 3. The molecule has 0 unspecified atom stereocenters. The Morgan fingerprint density at radius 3 is 2.37 bits per heavy atom. The molecule has 0 N–H and O–H groups in total. The monoisotopic (exact) mass is 715 g/mol. The third-order valence-electron chi connectivity index (χ3n) is 8.77. The van der Waals surface area contributed by atoms with E-state index in [1.807, 2.05) is 16.7 Å². The number of anilines is 1. The SMILES string of the molecule is C#CCOCCOCCOCCOCCC(=O)N1CCC2(CC1)C(=O)N(Cc1nc3cc(Cl)ccc3n1CCS(C)(=O)=O)c1cnccc12. The molecule has 0 aliphatic carbocycles. The summed E-state index contributed by atoms with van der Waals surface area (Å²) in [6.07, 6.45) is 10.9. The first-order valence-electron chi connectivity index (χ1n) is 16.2. The molecule has 2 aliphatic rings. The zero-order valence-corrected chi connectivity index (χ0v) is 29.2. The number of rotatable bonds is 18. The molecule has 0 radical (unpaired) electrons. The number of benzene rings is 1. The number of carbonyl (C=O) groups is 2. The average molecular weight is 716 g/mol. The highest BCUT2D eigenvalue weighted by Crippen LogP contribution is 2.48. The van der Waals surface area contributed by atoms with Crippen LogP contribution < -0.4 is 4.90 Å². The third-order valence-corrected chi connectivity index (χ3v) is 9.93. The van der Waals surface area contributed by atoms with E-state index in [2.05, 4.69) is 10.9 Å². The number of halogens is 1. The minimum atomic E-state index is -3.25. The Morgan fingerprint density at radius 2 is 1.69 bits per heavy atom. The van der Waals surface area contributed by atoms with E-state index in [4.69, 9.17) is 42.0 Å². The number of ether oxygens (including phenoxy) is 4. The van der Waals surface area contributed by atoms with Crippen LogP contribution in [-0.4, -0.2) is 118 Å². The van der Waals surface area contributed by atoms with E-state index >= 15 is 0 Å². The van der Waals surface area contributed by atoms with Crippen LogP contribution in [0, 0.1) is 12.3 Å². The number of pyridine rings is 1. The van der Waals surface area contributed by atoms with E-state index < -0.39 is 15.3 Å². The number of nitrogens with zero attached hydrogens (tertiary/aromatic N) is 5. The zero-order chi connectivity index (χ0) is 34.9. The lowest BCUT2D eigenvalue weighted by Crippen LogP contribution is -2.50. The quantitative estimate of drug-likeness (QED) is 0.143. The number of hydrogen-bond acceptors (Lipinski definition) is 10. The summed E-state index contributed by atoms with van der Waals surface area (Å²) in [5, 5.41) is 0.511. The van der Waals surface area contributed by atoms with E-state index in [0.717, 1.165) is 11.1 Å². The Labute approximate surface area is 291 Å². The summed E-state index contributed by atoms with van der Waals surface area (Å²) in [5.41, 5.74) is 2.14. The maximum absolute atomic E-state index is 14.3. The van der Waals surface area contributed by atoms with E-state index in [1.54, 1.807) is 34.3 Å². The fourth-order valence-corrected chi connectivity index (χ4v) is 6.98. The lowest BCUT2D eigenvalue weighted by molar-refractivity contribution is -0.136. The molecule has 1 aromatic carbocycles. The second-order valence-electron chi connectivity index (χ2n) is 12.0. The van der Waals surface area contributed by atoms with Crippen LogP contribution >= 0.6 is 11.6 Å². The number of terminal acetylenes is 1. The molecule has 15 heteroatoms. The maximum Gasteiger partial charge on any atom is 0.238 e. The zero-order valence-electron chi connectivity index (χ0n) is 27.6. The lowest BCUT2D eigenvalue weighted by Gasteiger charge is -2.38. The molecular weight excluding hydrogens is 674 g/mol. The minimum absolute atomic E-state index is 0.0215. The normalized spacial score (nSPS) is 15.7. The first-order valence-corrected chi connectivity index (χ1v) is 18.7. The molecular formula is C34H42ClN5O8S. The molecule has 49 heavy (non-hydrogen) atoms. The highest BCUT2D eigenvalue weighted by molar-refractivity contribution is 7.90. The predicted molar refractivity (Wildman–Crippen MR) is 184 cm³/mol. The Kier molecular flexibility index (Phi) is 12.6. The van der Waals surface area contributed by atoms with Crippen molar-refractivity contribution in [3.05, 3.63) is 53.1 Å². The van der Waals surface area contributed by atoms with Gasteiger partial charge in [0.1, 0.15) is 22.3 Å². The fourth-order valence-electron chi connectivity index (χ4n) is 6.30. The van der Waals surface area contributed by atoms with Crippen molar-refractivity contribution in [2.45, 2.75) is 37.8 Å². The molecule has 1 saturated heterocycles. The summed E-state index contributed by atoms with van der Waals surface area (Å²) in [7, 11) is -3.25. The van der Waals surface area contributed by atoms with Crippen LogP contribution in [0.4, 0.5) is 5.69 Å². The molecule has 5 rings (SSSR count). The van der Waals surface area contributed by atoms with Gasteiger partial charge in [0.25, 0.3) is 0 Å². The Hall–Kier alpha value is -3.58. The van der Waals surface area contributed by atoms with Gasteiger partial charge < -0.3 is 33.3 Å². The molecule has 2 amide bonds. The molecule has 2 aliphatic heterocycles. The van der Waals surface area contributed by atoms with Crippen LogP contribution in [0.1, 0.15) is 30.7 Å². The fraction of sp³-hybridized carbons (Fsp3) is 0.529. The summed E-state index contributed by atoms with van der Waals surface area (Å²) in [6, 6.07) is 7.16. The molecule has 0 saturated carbocycles. The van der Waals surface area contributed by atoms with Crippen molar-refractivity contribution >= 4 is 50.0 Å². The van der Waals surface area contributed by atoms with Gasteiger partial charge in [-0.1, -0.05) is 17.5 Å². The van der Waals surface area contributed by atoms with Gasteiger partial charge in [0, 0.05) is 37.1 Å². The van der Waals surface area contributed by atoms with Gasteiger partial charge in [-0.2, -0.15) is 0 Å². The van der Waals surface area contributed by atoms with E-state index in [-0.39, 0.29) is 50.3 Å². The second-order valence-corrected chi connectivity index (χ2v) is 14.7. The number of fused-ring (bicyclic) bond motifs is 3. The topological polar surface area (TPSA) is 142 Å². The van der Waals surface area contributed by atoms with Crippen molar-refractivity contribution in [2.24, 2.45) is 0 Å². The van der Waals surface area contributed by atoms with Crippen LogP contribution in [-0.2, 0) is 56.9 Å². The standard InChI is InChI=1S/C34H42ClN5O8S/c1-3-14-45-16-18-47-20-21-48-19-17-46-15-7-32(41)38-11-8-34(9-12-38)27-6-10-36-24-30(27)40(33(34)42)25-31-37-28-23-26(35)4-5-29(28)39(31)13-22-49(2,43)44/h1,4-6,10,23-24H,7-9,11-22,25H2,2H3. The van der Waals surface area contributed by atoms with E-state index in [9.17, 15) is 18.0 Å². The molecule has 0 bridgehead atoms. The first kappa shape index (κ1) is 36.7. The number of imidazole rings is 1. The van der Waals surface area contributed by atoms with Gasteiger partial charge in [-0.15, -0.1) is 6.42 Å². The number of carbonyl (C=O) groups excluding carboxylic acids is 2. The maximum atomic E-state index is 14.3. The van der Waals surface area contributed by atoms with Gasteiger partial charge in [0.2, 0.25) is 11.8 Å². The van der Waals surface area contributed by atoms with Gasteiger partial charge >= 0.3 is 0 Å². The molecule has 2 aromatic heterocycles. The van der Waals surface area contributed by atoms with Crippen LogP contribution in [0.2, 0.25) is 5.02 Å². The first-order chi connectivity index (χ1) is 23.6. The van der Waals surface area contributed by atoms with Crippen LogP contribution in [0.25, 0.3) is 11.0 Å². The highest BCUT2D eigenvalue weighted by Gasteiger charge is 2.52. The second kappa shape index (κ2) is 16.9. The Balaban J connectivity index is 1.14. The van der Waals surface area contributed by atoms with E-state index in [0.29, 0.717) is 87.6 Å². The smallest absolute Gasteiger partial charge is 0.238 e. The highest BCUT2D eigenvalue weighted by atomic mass is 35.5. The van der Waals surface area contributed by atoms with Crippen LogP contribution in [0.15, 0.2) is 36.7 Å². The van der Waals surface area contributed by atoms with Crippen molar-refractivity contribution in [3.63, 3.8) is 0 Å². The van der Waals surface area contributed by atoms with Gasteiger partial charge in [-0.05, 0) is 42.7 Å². The average Bonchev–Trinajstić information content (AvgIpc) is 3.53. The van der Waals surface area contributed by atoms with Gasteiger partial charge in [-0.25, -0.2) is 13.4 Å². The summed E-state index contributed by atoms with van der Waals surface area (Å²) in [4.78, 5) is 39.9. The number of piperidine rings is 1. The summed E-state index contributed by atoms with van der Waals surface area (Å²) < 4.78 is 47.5. The summed E-state index contributed by atoms with van der Waals surface area (Å²) in [5.74, 6) is 2.77. The van der Waals surface area contributed by atoms with Crippen molar-refractivity contribution in [2.75, 3.05) is 82.9 Å². The molecule has 0 atom stereocenters. The summed E-state index contributed by atoms with van der Waals surface area (Å²) in [6.45, 7) is 4.26. The minimum Gasteiger partial charge on any atom is -0.379 e. The predicted octanol–water partition coefficient (Wildman–Crippen LogP) is 2.63. The molecule has 4 heterocycles. The molecule has 3 aromatic rings. The number of sulfone groups is 1. The van der Waals surface area contributed by atoms with Crippen LogP contribution in [0.5, 0.6) is 0 Å². The molecule has 1 fully saturated rings. The van der Waals surface area contributed by atoms with Gasteiger partial charge in [0.15, 0.2) is 0 Å². The molecule has 264 valence electrons. The van der Waals surface area contributed by atoms with Crippen molar-refractivity contribution in [1.29, 1.82) is 0 Å². The molecule has 1 spiro atoms. The molecule has 13 nitrogen and oxygen atoms in total.